The molecule has 5 aliphatic carbocycles. The van der Waals surface area contributed by atoms with Crippen LogP contribution in [0.1, 0.15) is 152 Å². The molecule has 6 rings (SSSR count). The molecule has 51 heavy (non-hydrogen) atoms. The Morgan fingerprint density at radius 1 is 0.882 bits per heavy atom. The molecule has 1 heterocycles. The Morgan fingerprint density at radius 3 is 2.12 bits per heavy atom. The Hall–Kier alpha value is -1.89. The number of carbonyl (C=O) groups excluding carboxylic acids is 2. The molecule has 0 radical (unpaired) electrons. The van der Waals surface area contributed by atoms with Crippen LogP contribution in [-0.4, -0.2) is 60.6 Å². The van der Waals surface area contributed by atoms with Crippen LogP contribution in [0.25, 0.3) is 0 Å². The number of fused-ring (bicyclic) bond motifs is 7. The number of esters is 1. The van der Waals surface area contributed by atoms with Crippen molar-refractivity contribution in [2.75, 3.05) is 26.7 Å². The van der Waals surface area contributed by atoms with Gasteiger partial charge in [-0.25, -0.2) is 0 Å². The van der Waals surface area contributed by atoms with E-state index < -0.39 is 11.4 Å². The van der Waals surface area contributed by atoms with E-state index in [0.29, 0.717) is 35.5 Å². The van der Waals surface area contributed by atoms with Gasteiger partial charge in [-0.3, -0.25) is 14.4 Å². The maximum atomic E-state index is 13.8. The predicted molar refractivity (Wildman–Crippen MR) is 205 cm³/mol. The Morgan fingerprint density at radius 2 is 1.53 bits per heavy atom. The minimum absolute atomic E-state index is 0.102. The van der Waals surface area contributed by atoms with E-state index in [1.807, 2.05) is 7.05 Å². The summed E-state index contributed by atoms with van der Waals surface area (Å²) in [7, 11) is 1.93. The summed E-state index contributed by atoms with van der Waals surface area (Å²) in [5.41, 5.74) is 0.756. The summed E-state index contributed by atoms with van der Waals surface area (Å²) < 4.78 is 6.17. The van der Waals surface area contributed by atoms with Crippen molar-refractivity contribution in [1.82, 2.24) is 10.2 Å². The second-order valence-electron chi connectivity index (χ2n) is 20.2. The first-order valence-electron chi connectivity index (χ1n) is 20.7. The van der Waals surface area contributed by atoms with E-state index in [-0.39, 0.29) is 45.6 Å². The van der Waals surface area contributed by atoms with Crippen LogP contribution < -0.4 is 5.32 Å². The van der Waals surface area contributed by atoms with Gasteiger partial charge in [0.15, 0.2) is 0 Å². The van der Waals surface area contributed by atoms with Gasteiger partial charge < -0.3 is 20.1 Å². The molecule has 290 valence electrons. The molecule has 0 spiro atoms. The second kappa shape index (κ2) is 14.4. The lowest BCUT2D eigenvalue weighted by atomic mass is 9.32. The summed E-state index contributed by atoms with van der Waals surface area (Å²) in [6.07, 6.45) is 14.2. The molecule has 7 heteroatoms. The predicted octanol–water partition coefficient (Wildman–Crippen LogP) is 9.29. The van der Waals surface area contributed by atoms with Crippen molar-refractivity contribution in [3.63, 3.8) is 0 Å². The fourth-order valence-electron chi connectivity index (χ4n) is 13.8. The topological polar surface area (TPSA) is 95.9 Å². The van der Waals surface area contributed by atoms with Crippen LogP contribution in [-0.2, 0) is 19.1 Å². The highest BCUT2D eigenvalue weighted by Crippen LogP contribution is 2.78. The van der Waals surface area contributed by atoms with Gasteiger partial charge in [0.25, 0.3) is 0 Å². The lowest BCUT2D eigenvalue weighted by Gasteiger charge is -2.73. The molecule has 7 nitrogen and oxygen atoms in total. The smallest absolute Gasteiger partial charge is 0.309 e. The van der Waals surface area contributed by atoms with Gasteiger partial charge in [-0.05, 0) is 163 Å². The summed E-state index contributed by atoms with van der Waals surface area (Å²) in [5.74, 6) is 1.82. The summed E-state index contributed by atoms with van der Waals surface area (Å²) in [6, 6.07) is 0. The number of hydrogen-bond donors (Lipinski definition) is 2. The van der Waals surface area contributed by atoms with E-state index >= 15 is 0 Å². The number of carbonyl (C=O) groups is 3. The van der Waals surface area contributed by atoms with Gasteiger partial charge in [0, 0.05) is 24.9 Å². The van der Waals surface area contributed by atoms with Gasteiger partial charge >= 0.3 is 11.9 Å². The summed E-state index contributed by atoms with van der Waals surface area (Å²) in [4.78, 5) is 40.7. The van der Waals surface area contributed by atoms with Gasteiger partial charge in [-0.1, -0.05) is 53.7 Å². The van der Waals surface area contributed by atoms with Gasteiger partial charge in [-0.2, -0.15) is 0 Å². The minimum atomic E-state index is -1.13. The molecule has 1 saturated heterocycles. The highest BCUT2D eigenvalue weighted by molar-refractivity contribution is 5.81. The average Bonchev–Trinajstić information content (AvgIpc) is 3.72. The number of nitrogens with one attached hydrogen (secondary N) is 1. The first kappa shape index (κ1) is 40.3. The van der Waals surface area contributed by atoms with Crippen LogP contribution in [0.4, 0.5) is 0 Å². The molecule has 6 fully saturated rings. The molecule has 0 aromatic rings. The fraction of sp³-hybridized carbons (Fsp3) is 0.886. The average molecular weight is 711 g/mol. The molecule has 2 N–H and O–H groups in total. The zero-order valence-corrected chi connectivity index (χ0v) is 34.2. The van der Waals surface area contributed by atoms with Gasteiger partial charge in [0.05, 0.1) is 11.8 Å². The Balaban J connectivity index is 0.00000120. The van der Waals surface area contributed by atoms with Crippen LogP contribution in [0.2, 0.25) is 0 Å². The molecule has 10 atom stereocenters. The van der Waals surface area contributed by atoms with Crippen molar-refractivity contribution in [2.45, 2.75) is 158 Å². The molecule has 1 aliphatic heterocycles. The van der Waals surface area contributed by atoms with E-state index in [2.05, 4.69) is 65.3 Å². The first-order chi connectivity index (χ1) is 23.7. The molecule has 1 amide bonds. The van der Waals surface area contributed by atoms with Crippen molar-refractivity contribution in [3.05, 3.63) is 12.2 Å². The van der Waals surface area contributed by atoms with E-state index in [1.165, 1.54) is 50.5 Å². The van der Waals surface area contributed by atoms with Crippen LogP contribution >= 0.6 is 0 Å². The summed E-state index contributed by atoms with van der Waals surface area (Å²) in [6.45, 7) is 27.6. The Kier molecular flexibility index (Phi) is 11.4. The van der Waals surface area contributed by atoms with E-state index in [4.69, 9.17) is 4.74 Å². The zero-order chi connectivity index (χ0) is 37.8. The molecule has 1 unspecified atom stereocenters. The Labute approximate surface area is 310 Å². The molecular weight excluding hydrogens is 636 g/mol. The highest BCUT2D eigenvalue weighted by Gasteiger charge is 2.71. The number of amides is 1. The monoisotopic (exact) mass is 711 g/mol. The van der Waals surface area contributed by atoms with Crippen LogP contribution in [0, 0.1) is 62.1 Å². The quantitative estimate of drug-likeness (QED) is 0.193. The lowest BCUT2D eigenvalue weighted by Crippen LogP contribution is -2.67. The Bertz CT molecular complexity index is 1330. The minimum Gasteiger partial charge on any atom is -0.481 e. The third kappa shape index (κ3) is 6.75. The van der Waals surface area contributed by atoms with Crippen molar-refractivity contribution in [1.29, 1.82) is 0 Å². The number of rotatable bonds is 8. The summed E-state index contributed by atoms with van der Waals surface area (Å²) in [5, 5.41) is 12.5. The van der Waals surface area contributed by atoms with Crippen molar-refractivity contribution in [3.8, 4) is 0 Å². The largest absolute Gasteiger partial charge is 0.481 e. The number of likely N-dealkylation sites (tertiary alicyclic amines) is 1. The number of allylic oxidation sites excluding steroid dienone is 1. The van der Waals surface area contributed by atoms with Crippen molar-refractivity contribution >= 4 is 17.8 Å². The van der Waals surface area contributed by atoms with Gasteiger partial charge in [0.2, 0.25) is 5.91 Å². The van der Waals surface area contributed by atoms with Crippen molar-refractivity contribution in [2.24, 2.45) is 62.1 Å². The van der Waals surface area contributed by atoms with Crippen LogP contribution in [0.3, 0.4) is 0 Å². The third-order valence-electron chi connectivity index (χ3n) is 16.9. The zero-order valence-electron chi connectivity index (χ0n) is 34.2. The molecule has 5 saturated carbocycles. The van der Waals surface area contributed by atoms with Gasteiger partial charge in [0.1, 0.15) is 6.10 Å². The number of aliphatic carboxylic acids is 1. The van der Waals surface area contributed by atoms with E-state index in [1.54, 1.807) is 13.8 Å². The second-order valence-corrected chi connectivity index (χ2v) is 20.2. The number of carboxylic acids is 1. The molecule has 0 aromatic heterocycles. The number of nitrogens with zero attached hydrogens (tertiary/aromatic N) is 1. The highest BCUT2D eigenvalue weighted by atomic mass is 16.5. The maximum absolute atomic E-state index is 13.8. The van der Waals surface area contributed by atoms with Crippen LogP contribution in [0.15, 0.2) is 12.2 Å². The number of hydrogen-bond acceptors (Lipinski definition) is 5. The van der Waals surface area contributed by atoms with E-state index in [0.717, 1.165) is 58.2 Å². The first-order valence-corrected chi connectivity index (χ1v) is 20.7. The van der Waals surface area contributed by atoms with Gasteiger partial charge in [-0.15, -0.1) is 0 Å². The summed E-state index contributed by atoms with van der Waals surface area (Å²) >= 11 is 0. The normalized spacial score (nSPS) is 41.2. The van der Waals surface area contributed by atoms with E-state index in [9.17, 15) is 19.5 Å². The maximum Gasteiger partial charge on any atom is 0.309 e. The number of carboxylic acid groups (broad SMARTS) is 1. The van der Waals surface area contributed by atoms with Crippen molar-refractivity contribution < 1.29 is 24.2 Å². The standard InChI is InChI=1S/C41H65NO5.C3H9N/c1-26(2)27-14-19-41(24-32(43)42-22-10-11-23-42)21-20-39(8)28(34(27)41)12-13-30-38(7)17-16-31(47-33(44)25-36(3,4)35(45)46)37(5,6)29(38)15-18-40(30,39)9;1-3-4-2/h27-31,34H,1,10-25H2,2-9H3,(H,45,46);4H,3H2,1-2H3/t27-,28+,29-,30+,31-,34+,38-,39+,40?,41+;/m0./s1. The lowest BCUT2D eigenvalue weighted by molar-refractivity contribution is -0.250. The fourth-order valence-corrected chi connectivity index (χ4v) is 13.8. The number of ether oxygens (including phenoxy) is 1. The molecular formula is C44H74N2O5. The molecule has 0 bridgehead atoms. The van der Waals surface area contributed by atoms with Crippen LogP contribution in [0.5, 0.6) is 0 Å². The molecule has 0 aromatic carbocycles. The molecule has 6 aliphatic rings. The third-order valence-corrected chi connectivity index (χ3v) is 16.9. The SMILES string of the molecule is C=C(C)[C@@H]1CC[C@]2(CC(=O)N3CCCC3)CC[C@]3(C)[C@H](CC[C@H]4C3(C)CC[C@H]3C(C)(C)[C@@H](OC(=O)CC(C)(C)C(=O)O)CC[C@@]34C)[C@@H]12.CCNC.